The number of carbonyl (C=O) groups is 1. The molecule has 0 fully saturated rings. The van der Waals surface area contributed by atoms with Crippen molar-refractivity contribution in [1.29, 1.82) is 0 Å². The number of amides is 1. The summed E-state index contributed by atoms with van der Waals surface area (Å²) < 4.78 is 29.2. The Bertz CT molecular complexity index is 1260. The molecule has 30 heavy (non-hydrogen) atoms. The number of halogens is 2. The summed E-state index contributed by atoms with van der Waals surface area (Å²) in [6.45, 7) is 1.47. The lowest BCUT2D eigenvalue weighted by atomic mass is 10.1. The van der Waals surface area contributed by atoms with Gasteiger partial charge in [-0.1, -0.05) is 30.3 Å². The molecule has 150 valence electrons. The highest BCUT2D eigenvalue weighted by atomic mass is 19.1. The third-order valence-corrected chi connectivity index (χ3v) is 5.66. The predicted octanol–water partition coefficient (Wildman–Crippen LogP) is 5.17. The van der Waals surface area contributed by atoms with Crippen LogP contribution in [0.4, 0.5) is 8.78 Å². The van der Waals surface area contributed by atoms with E-state index in [2.05, 4.69) is 10.8 Å². The maximum absolute atomic E-state index is 13.6. The summed E-state index contributed by atoms with van der Waals surface area (Å²) >= 11 is 0. The lowest BCUT2D eigenvalue weighted by molar-refractivity contribution is 0.0750. The van der Waals surface area contributed by atoms with Gasteiger partial charge in [0.05, 0.1) is 0 Å². The minimum atomic E-state index is -0.299. The normalized spacial score (nSPS) is 13.7. The van der Waals surface area contributed by atoms with Gasteiger partial charge >= 0.3 is 0 Å². The summed E-state index contributed by atoms with van der Waals surface area (Å²) in [5.74, 6) is -0.603. The van der Waals surface area contributed by atoms with Crippen LogP contribution in [-0.4, -0.2) is 21.9 Å². The Morgan fingerprint density at radius 3 is 2.20 bits per heavy atom. The van der Waals surface area contributed by atoms with Crippen LogP contribution in [-0.2, 0) is 19.5 Å². The lowest BCUT2D eigenvalue weighted by Crippen LogP contribution is -2.31. The van der Waals surface area contributed by atoms with Crippen molar-refractivity contribution in [2.75, 3.05) is 6.54 Å². The summed E-state index contributed by atoms with van der Waals surface area (Å²) in [5.41, 5.74) is 4.38. The number of benzene rings is 3. The molecule has 0 aliphatic carbocycles. The summed E-state index contributed by atoms with van der Waals surface area (Å²) in [6, 6.07) is 18.7. The van der Waals surface area contributed by atoms with Gasteiger partial charge in [-0.3, -0.25) is 4.79 Å². The zero-order chi connectivity index (χ0) is 20.7. The molecule has 0 N–H and O–H groups in total. The molecule has 4 aromatic rings. The van der Waals surface area contributed by atoms with Crippen LogP contribution in [0.1, 0.15) is 27.0 Å². The van der Waals surface area contributed by atoms with Crippen LogP contribution in [0.5, 0.6) is 0 Å². The van der Waals surface area contributed by atoms with Crippen molar-refractivity contribution in [3.8, 4) is 0 Å². The molecule has 3 nitrogen and oxygen atoms in total. The fraction of sp³-hybridized carbons (Fsp3) is 0.160. The third-order valence-electron chi connectivity index (χ3n) is 5.66. The van der Waals surface area contributed by atoms with E-state index in [1.165, 1.54) is 24.3 Å². The number of nitrogens with zero attached hydrogens (tertiary/aromatic N) is 2. The first-order valence-electron chi connectivity index (χ1n) is 9.97. The van der Waals surface area contributed by atoms with Gasteiger partial charge in [0.15, 0.2) is 0 Å². The van der Waals surface area contributed by atoms with Crippen LogP contribution < -0.4 is 0 Å². The maximum atomic E-state index is 13.6. The van der Waals surface area contributed by atoms with E-state index in [0.717, 1.165) is 27.6 Å². The Morgan fingerprint density at radius 2 is 1.50 bits per heavy atom. The van der Waals surface area contributed by atoms with Crippen molar-refractivity contribution < 1.29 is 13.6 Å². The zero-order valence-corrected chi connectivity index (χ0v) is 16.3. The molecule has 1 aliphatic rings. The number of hydrogen-bond acceptors (Lipinski definition) is 1. The van der Waals surface area contributed by atoms with Gasteiger partial charge in [-0.05, 0) is 59.5 Å². The number of aromatic nitrogens is 1. The van der Waals surface area contributed by atoms with Crippen LogP contribution in [0, 0.1) is 11.6 Å². The van der Waals surface area contributed by atoms with Gasteiger partial charge in [0.25, 0.3) is 5.91 Å². The molecule has 5 heteroatoms. The van der Waals surface area contributed by atoms with Gasteiger partial charge in [0.2, 0.25) is 0 Å². The van der Waals surface area contributed by atoms with Gasteiger partial charge < -0.3 is 9.47 Å². The van der Waals surface area contributed by atoms with Gasteiger partial charge in [-0.2, -0.15) is 0 Å². The molecule has 0 radical (unpaired) electrons. The molecule has 1 aromatic heterocycles. The van der Waals surface area contributed by atoms with Crippen molar-refractivity contribution in [1.82, 2.24) is 9.47 Å². The van der Waals surface area contributed by atoms with Crippen LogP contribution in [0.2, 0.25) is 0 Å². The predicted molar refractivity (Wildman–Crippen MR) is 112 cm³/mol. The standard InChI is InChI=1S/C25H20F2N2O/c26-20-6-1-4-17(12-20)14-28-11-10-19-16-29(15-18-5-2-7-21(27)13-18)23-9-3-8-22(24(19)23)25(28)30/h1-9,12-13,16H,10-11,14-15H2. The molecule has 0 bridgehead atoms. The molecule has 1 aliphatic heterocycles. The highest BCUT2D eigenvalue weighted by molar-refractivity contribution is 6.08. The van der Waals surface area contributed by atoms with Crippen LogP contribution >= 0.6 is 0 Å². The minimum absolute atomic E-state index is 0.0490. The van der Waals surface area contributed by atoms with E-state index in [0.29, 0.717) is 31.6 Å². The Balaban J connectivity index is 1.51. The molecule has 3 aromatic carbocycles. The Labute approximate surface area is 173 Å². The number of hydrogen-bond donors (Lipinski definition) is 0. The molecule has 0 spiro atoms. The molecule has 5 rings (SSSR count). The van der Waals surface area contributed by atoms with Crippen molar-refractivity contribution in [3.05, 3.63) is 107 Å². The second-order valence-corrected chi connectivity index (χ2v) is 7.72. The van der Waals surface area contributed by atoms with E-state index in [-0.39, 0.29) is 17.5 Å². The monoisotopic (exact) mass is 402 g/mol. The average molecular weight is 402 g/mol. The van der Waals surface area contributed by atoms with Crippen LogP contribution in [0.15, 0.2) is 72.9 Å². The van der Waals surface area contributed by atoms with E-state index >= 15 is 0 Å². The van der Waals surface area contributed by atoms with E-state index in [1.54, 1.807) is 17.0 Å². The first kappa shape index (κ1) is 18.6. The molecule has 2 heterocycles. The second-order valence-electron chi connectivity index (χ2n) is 7.72. The van der Waals surface area contributed by atoms with E-state index in [9.17, 15) is 13.6 Å². The topological polar surface area (TPSA) is 25.2 Å². The van der Waals surface area contributed by atoms with Gasteiger partial charge in [0, 0.05) is 42.3 Å². The Hall–Kier alpha value is -3.47. The van der Waals surface area contributed by atoms with Gasteiger partial charge in [0.1, 0.15) is 11.6 Å². The van der Waals surface area contributed by atoms with Crippen LogP contribution in [0.3, 0.4) is 0 Å². The molecule has 1 amide bonds. The van der Waals surface area contributed by atoms with Crippen LogP contribution in [0.25, 0.3) is 10.9 Å². The second kappa shape index (κ2) is 7.41. The molecule has 0 atom stereocenters. The molecule has 0 saturated carbocycles. The molecular weight excluding hydrogens is 382 g/mol. The minimum Gasteiger partial charge on any atom is -0.343 e. The van der Waals surface area contributed by atoms with Crippen molar-refractivity contribution >= 4 is 16.8 Å². The summed E-state index contributed by atoms with van der Waals surface area (Å²) in [4.78, 5) is 15.1. The lowest BCUT2D eigenvalue weighted by Gasteiger charge is -2.21. The fourth-order valence-corrected chi connectivity index (χ4v) is 4.30. The Kier molecular flexibility index (Phi) is 4.58. The van der Waals surface area contributed by atoms with Crippen molar-refractivity contribution in [2.24, 2.45) is 0 Å². The van der Waals surface area contributed by atoms with Crippen molar-refractivity contribution in [3.63, 3.8) is 0 Å². The van der Waals surface area contributed by atoms with Gasteiger partial charge in [-0.25, -0.2) is 8.78 Å². The smallest absolute Gasteiger partial charge is 0.254 e. The average Bonchev–Trinajstić information content (AvgIpc) is 3.02. The summed E-state index contributed by atoms with van der Waals surface area (Å²) in [5, 5.41) is 0.959. The SMILES string of the molecule is O=C1c2cccc3c2c(cn3Cc2cccc(F)c2)CCN1Cc1cccc(F)c1. The molecular formula is C25H20F2N2O. The van der Waals surface area contributed by atoms with E-state index < -0.39 is 0 Å². The first-order valence-corrected chi connectivity index (χ1v) is 9.97. The maximum Gasteiger partial charge on any atom is 0.254 e. The molecule has 0 saturated heterocycles. The number of carbonyl (C=O) groups excluding carboxylic acids is 1. The summed E-state index contributed by atoms with van der Waals surface area (Å²) in [6.07, 6.45) is 2.78. The third kappa shape index (κ3) is 3.36. The highest BCUT2D eigenvalue weighted by Crippen LogP contribution is 2.30. The van der Waals surface area contributed by atoms with Crippen molar-refractivity contribution in [2.45, 2.75) is 19.5 Å². The fourth-order valence-electron chi connectivity index (χ4n) is 4.30. The highest BCUT2D eigenvalue weighted by Gasteiger charge is 2.25. The number of rotatable bonds is 4. The van der Waals surface area contributed by atoms with E-state index in [4.69, 9.17) is 0 Å². The quantitative estimate of drug-likeness (QED) is 0.463. The van der Waals surface area contributed by atoms with E-state index in [1.807, 2.05) is 30.3 Å². The van der Waals surface area contributed by atoms with Gasteiger partial charge in [-0.15, -0.1) is 0 Å². The Morgan fingerprint density at radius 1 is 0.833 bits per heavy atom. The summed E-state index contributed by atoms with van der Waals surface area (Å²) in [7, 11) is 0. The molecule has 0 unspecified atom stereocenters. The zero-order valence-electron chi connectivity index (χ0n) is 16.3. The largest absolute Gasteiger partial charge is 0.343 e. The first-order chi connectivity index (χ1) is 14.6.